The lowest BCUT2D eigenvalue weighted by Gasteiger charge is -2.22. The molecule has 0 radical (unpaired) electrons. The number of benzene rings is 2. The van der Waals surface area contributed by atoms with E-state index in [1.54, 1.807) is 30.3 Å². The topological polar surface area (TPSA) is 66.5 Å². The number of hydrogen-bond donors (Lipinski definition) is 1. The second kappa shape index (κ2) is 9.85. The van der Waals surface area contributed by atoms with Crippen LogP contribution in [0, 0.1) is 0 Å². The van der Waals surface area contributed by atoms with Gasteiger partial charge in [-0.1, -0.05) is 59.6 Å². The van der Waals surface area contributed by atoms with Gasteiger partial charge in [0.2, 0.25) is 15.9 Å². The average Bonchev–Trinajstić information content (AvgIpc) is 2.64. The van der Waals surface area contributed by atoms with Crippen LogP contribution in [-0.4, -0.2) is 31.7 Å². The van der Waals surface area contributed by atoms with Gasteiger partial charge < -0.3 is 5.32 Å². The Labute approximate surface area is 163 Å². The third-order valence-electron chi connectivity index (χ3n) is 3.83. The molecule has 0 unspecified atom stereocenters. The molecule has 0 fully saturated rings. The molecule has 0 atom stereocenters. The van der Waals surface area contributed by atoms with E-state index in [2.05, 4.69) is 21.2 Å². The van der Waals surface area contributed by atoms with E-state index in [-0.39, 0.29) is 23.9 Å². The minimum absolute atomic E-state index is 0.131. The molecule has 140 valence electrons. The van der Waals surface area contributed by atoms with Crippen LogP contribution >= 0.6 is 15.9 Å². The van der Waals surface area contributed by atoms with Gasteiger partial charge in [0.1, 0.15) is 0 Å². The van der Waals surface area contributed by atoms with Gasteiger partial charge in [0.25, 0.3) is 0 Å². The highest BCUT2D eigenvalue weighted by Crippen LogP contribution is 2.19. The highest BCUT2D eigenvalue weighted by molar-refractivity contribution is 9.10. The van der Waals surface area contributed by atoms with Crippen LogP contribution in [-0.2, 0) is 21.4 Å². The molecule has 2 aromatic rings. The summed E-state index contributed by atoms with van der Waals surface area (Å²) in [4.78, 5) is 12.4. The Hall–Kier alpha value is -1.70. The summed E-state index contributed by atoms with van der Waals surface area (Å²) in [6, 6.07) is 15.6. The van der Waals surface area contributed by atoms with E-state index in [1.165, 1.54) is 4.31 Å². The summed E-state index contributed by atoms with van der Waals surface area (Å²) in [6.07, 6.45) is 1.83. The van der Waals surface area contributed by atoms with Gasteiger partial charge in [-0.3, -0.25) is 4.79 Å². The van der Waals surface area contributed by atoms with Gasteiger partial charge in [-0.15, -0.1) is 0 Å². The van der Waals surface area contributed by atoms with Crippen molar-refractivity contribution in [2.45, 2.75) is 31.2 Å². The second-order valence-corrected chi connectivity index (χ2v) is 8.77. The van der Waals surface area contributed by atoms with Gasteiger partial charge in [0, 0.05) is 17.6 Å². The average molecular weight is 439 g/mol. The van der Waals surface area contributed by atoms with Gasteiger partial charge in [-0.25, -0.2) is 8.42 Å². The first-order valence-electron chi connectivity index (χ1n) is 8.50. The highest BCUT2D eigenvalue weighted by Gasteiger charge is 2.26. The molecule has 0 aromatic heterocycles. The van der Waals surface area contributed by atoms with Crippen LogP contribution in [0.3, 0.4) is 0 Å². The van der Waals surface area contributed by atoms with E-state index in [0.717, 1.165) is 22.9 Å². The summed E-state index contributed by atoms with van der Waals surface area (Å²) in [6.45, 7) is 2.50. The molecule has 0 bridgehead atoms. The molecular weight excluding hydrogens is 416 g/mol. The Morgan fingerprint density at radius 2 is 1.73 bits per heavy atom. The van der Waals surface area contributed by atoms with E-state index < -0.39 is 10.0 Å². The zero-order chi connectivity index (χ0) is 19.0. The maximum absolute atomic E-state index is 13.0. The number of nitrogens with zero attached hydrogens (tertiary/aromatic N) is 1. The van der Waals surface area contributed by atoms with Crippen molar-refractivity contribution in [1.82, 2.24) is 9.62 Å². The minimum Gasteiger partial charge on any atom is -0.355 e. The molecule has 2 aromatic carbocycles. The number of nitrogens with one attached hydrogen (secondary N) is 1. The number of amides is 1. The molecule has 0 aliphatic heterocycles. The van der Waals surface area contributed by atoms with Crippen LogP contribution in [0.25, 0.3) is 0 Å². The van der Waals surface area contributed by atoms with E-state index >= 15 is 0 Å². The summed E-state index contributed by atoms with van der Waals surface area (Å²) in [7, 11) is -3.77. The van der Waals surface area contributed by atoms with E-state index in [0.29, 0.717) is 6.54 Å². The van der Waals surface area contributed by atoms with Crippen LogP contribution in [0.2, 0.25) is 0 Å². The molecular formula is C19H23BrN2O3S. The summed E-state index contributed by atoms with van der Waals surface area (Å²) in [5.74, 6) is -0.296. The molecule has 0 heterocycles. The van der Waals surface area contributed by atoms with Crippen LogP contribution < -0.4 is 5.32 Å². The van der Waals surface area contributed by atoms with Crippen LogP contribution in [0.15, 0.2) is 64.0 Å². The predicted octanol–water partition coefficient (Wildman–Crippen LogP) is 3.56. The molecule has 0 spiro atoms. The largest absolute Gasteiger partial charge is 0.355 e. The molecule has 2 rings (SSSR count). The Morgan fingerprint density at radius 1 is 1.08 bits per heavy atom. The fourth-order valence-electron chi connectivity index (χ4n) is 2.38. The standard InChI is InChI=1S/C19H23BrN2O3S/c1-2-3-13-21-19(23)15-22(14-16-9-11-17(20)12-10-16)26(24,25)18-7-5-4-6-8-18/h4-12H,2-3,13-15H2,1H3,(H,21,23). The fourth-order valence-corrected chi connectivity index (χ4v) is 4.05. The molecule has 7 heteroatoms. The number of carbonyl (C=O) groups excluding carboxylic acids is 1. The van der Waals surface area contributed by atoms with Crippen molar-refractivity contribution in [3.63, 3.8) is 0 Å². The molecule has 1 N–H and O–H groups in total. The van der Waals surface area contributed by atoms with Crippen LogP contribution in [0.5, 0.6) is 0 Å². The Kier molecular flexibility index (Phi) is 7.81. The first-order valence-corrected chi connectivity index (χ1v) is 10.7. The van der Waals surface area contributed by atoms with Crippen LogP contribution in [0.4, 0.5) is 0 Å². The van der Waals surface area contributed by atoms with E-state index in [4.69, 9.17) is 0 Å². The zero-order valence-corrected chi connectivity index (χ0v) is 17.1. The normalized spacial score (nSPS) is 11.5. The van der Waals surface area contributed by atoms with Gasteiger partial charge >= 0.3 is 0 Å². The number of rotatable bonds is 9. The third-order valence-corrected chi connectivity index (χ3v) is 6.16. The summed E-state index contributed by atoms with van der Waals surface area (Å²) in [5.41, 5.74) is 0.814. The highest BCUT2D eigenvalue weighted by atomic mass is 79.9. The molecule has 5 nitrogen and oxygen atoms in total. The number of hydrogen-bond acceptors (Lipinski definition) is 3. The Balaban J connectivity index is 2.23. The SMILES string of the molecule is CCCCNC(=O)CN(Cc1ccc(Br)cc1)S(=O)(=O)c1ccccc1. The van der Waals surface area contributed by atoms with E-state index in [1.807, 2.05) is 31.2 Å². The number of halogens is 1. The molecule has 0 saturated carbocycles. The predicted molar refractivity (Wildman–Crippen MR) is 106 cm³/mol. The smallest absolute Gasteiger partial charge is 0.243 e. The van der Waals surface area contributed by atoms with Crippen molar-refractivity contribution in [2.75, 3.05) is 13.1 Å². The van der Waals surface area contributed by atoms with Crippen molar-refractivity contribution in [1.29, 1.82) is 0 Å². The summed E-state index contributed by atoms with van der Waals surface area (Å²) >= 11 is 3.37. The van der Waals surface area contributed by atoms with E-state index in [9.17, 15) is 13.2 Å². The lowest BCUT2D eigenvalue weighted by molar-refractivity contribution is -0.121. The minimum atomic E-state index is -3.77. The Morgan fingerprint density at radius 3 is 2.35 bits per heavy atom. The van der Waals surface area contributed by atoms with Gasteiger partial charge in [0.05, 0.1) is 11.4 Å². The molecule has 0 aliphatic rings. The van der Waals surface area contributed by atoms with Crippen LogP contribution in [0.1, 0.15) is 25.3 Å². The summed E-state index contributed by atoms with van der Waals surface area (Å²) in [5, 5.41) is 2.78. The van der Waals surface area contributed by atoms with Crippen molar-refractivity contribution < 1.29 is 13.2 Å². The van der Waals surface area contributed by atoms with Gasteiger partial charge in [-0.05, 0) is 36.2 Å². The maximum atomic E-state index is 13.0. The van der Waals surface area contributed by atoms with Gasteiger partial charge in [-0.2, -0.15) is 4.31 Å². The maximum Gasteiger partial charge on any atom is 0.243 e. The van der Waals surface area contributed by atoms with Crippen molar-refractivity contribution in [2.24, 2.45) is 0 Å². The number of carbonyl (C=O) groups is 1. The lowest BCUT2D eigenvalue weighted by Crippen LogP contribution is -2.40. The Bertz CT molecular complexity index is 808. The van der Waals surface area contributed by atoms with Crippen molar-refractivity contribution in [3.8, 4) is 0 Å². The van der Waals surface area contributed by atoms with Gasteiger partial charge in [0.15, 0.2) is 0 Å². The summed E-state index contributed by atoms with van der Waals surface area (Å²) < 4.78 is 28.1. The number of sulfonamides is 1. The molecule has 0 aliphatic carbocycles. The fraction of sp³-hybridized carbons (Fsp3) is 0.316. The molecule has 0 saturated heterocycles. The second-order valence-electron chi connectivity index (χ2n) is 5.92. The molecule has 26 heavy (non-hydrogen) atoms. The number of unbranched alkanes of at least 4 members (excludes halogenated alkanes) is 1. The van der Waals surface area contributed by atoms with Crippen molar-refractivity contribution >= 4 is 31.9 Å². The molecule has 1 amide bonds. The quantitative estimate of drug-likeness (QED) is 0.608. The first kappa shape index (κ1) is 20.6. The monoisotopic (exact) mass is 438 g/mol. The third kappa shape index (κ3) is 5.93. The first-order chi connectivity index (χ1) is 12.4. The lowest BCUT2D eigenvalue weighted by atomic mass is 10.2. The zero-order valence-electron chi connectivity index (χ0n) is 14.7. The van der Waals surface area contributed by atoms with Crippen molar-refractivity contribution in [3.05, 3.63) is 64.6 Å².